The summed E-state index contributed by atoms with van der Waals surface area (Å²) < 4.78 is 35.1. The highest BCUT2D eigenvalue weighted by Crippen LogP contribution is 2.25. The van der Waals surface area contributed by atoms with Gasteiger partial charge in [0.25, 0.3) is 0 Å². The van der Waals surface area contributed by atoms with E-state index in [1.54, 1.807) is 12.1 Å². The smallest absolute Gasteiger partial charge is 0.243 e. The zero-order valence-electron chi connectivity index (χ0n) is 17.3. The molecular formula is C21H32N4O3S. The molecule has 0 saturated carbocycles. The van der Waals surface area contributed by atoms with Gasteiger partial charge in [-0.2, -0.15) is 4.31 Å². The van der Waals surface area contributed by atoms with Crippen molar-refractivity contribution >= 4 is 21.1 Å². The molecule has 7 nitrogen and oxygen atoms in total. The van der Waals surface area contributed by atoms with E-state index in [0.717, 1.165) is 49.5 Å². The lowest BCUT2D eigenvalue weighted by Crippen LogP contribution is -2.40. The standard InChI is InChI=1S/C21H32N4O3S/c1-2-9-25-20-8-7-18(29(26,27)24-12-14-28-15-13-24)16-19(20)22-21(25)17-23-10-5-3-4-6-11-23/h7-8,16H,2-6,9-15,17H2,1H3. The van der Waals surface area contributed by atoms with Gasteiger partial charge in [-0.1, -0.05) is 19.8 Å². The van der Waals surface area contributed by atoms with Crippen LogP contribution in [0.5, 0.6) is 0 Å². The number of morpholine rings is 1. The molecule has 2 aromatic rings. The van der Waals surface area contributed by atoms with Crippen LogP contribution >= 0.6 is 0 Å². The van der Waals surface area contributed by atoms with E-state index in [1.165, 1.54) is 30.0 Å². The number of sulfonamides is 1. The fourth-order valence-electron chi connectivity index (χ4n) is 4.34. The van der Waals surface area contributed by atoms with Crippen molar-refractivity contribution in [2.24, 2.45) is 0 Å². The molecule has 3 heterocycles. The highest BCUT2D eigenvalue weighted by atomic mass is 32.2. The summed E-state index contributed by atoms with van der Waals surface area (Å²) in [7, 11) is -3.51. The molecule has 0 N–H and O–H groups in total. The van der Waals surface area contributed by atoms with Crippen molar-refractivity contribution < 1.29 is 13.2 Å². The number of aromatic nitrogens is 2. The lowest BCUT2D eigenvalue weighted by Gasteiger charge is -2.26. The van der Waals surface area contributed by atoms with Crippen LogP contribution in [0.25, 0.3) is 11.0 Å². The largest absolute Gasteiger partial charge is 0.379 e. The van der Waals surface area contributed by atoms with Crippen molar-refractivity contribution in [3.63, 3.8) is 0 Å². The van der Waals surface area contributed by atoms with Gasteiger partial charge in [0.2, 0.25) is 10.0 Å². The number of benzene rings is 1. The van der Waals surface area contributed by atoms with Gasteiger partial charge in [0.15, 0.2) is 0 Å². The van der Waals surface area contributed by atoms with E-state index in [1.807, 2.05) is 6.07 Å². The molecule has 0 amide bonds. The van der Waals surface area contributed by atoms with Crippen LogP contribution in [0.2, 0.25) is 0 Å². The van der Waals surface area contributed by atoms with Crippen LogP contribution < -0.4 is 0 Å². The molecule has 2 fully saturated rings. The number of fused-ring (bicyclic) bond motifs is 1. The summed E-state index contributed by atoms with van der Waals surface area (Å²) >= 11 is 0. The number of nitrogens with zero attached hydrogens (tertiary/aromatic N) is 4. The molecule has 0 radical (unpaired) electrons. The zero-order chi connectivity index (χ0) is 20.3. The maximum atomic E-state index is 13.0. The molecule has 8 heteroatoms. The summed E-state index contributed by atoms with van der Waals surface area (Å²) in [6.45, 7) is 7.85. The fraction of sp³-hybridized carbons (Fsp3) is 0.667. The van der Waals surface area contributed by atoms with Crippen LogP contribution in [0, 0.1) is 0 Å². The van der Waals surface area contributed by atoms with E-state index < -0.39 is 10.0 Å². The molecule has 1 aromatic carbocycles. The van der Waals surface area contributed by atoms with Gasteiger partial charge in [0.05, 0.1) is 35.7 Å². The monoisotopic (exact) mass is 420 g/mol. The molecule has 0 atom stereocenters. The van der Waals surface area contributed by atoms with E-state index in [0.29, 0.717) is 31.2 Å². The van der Waals surface area contributed by atoms with Gasteiger partial charge in [-0.25, -0.2) is 13.4 Å². The van der Waals surface area contributed by atoms with Crippen molar-refractivity contribution in [2.45, 2.75) is 57.0 Å². The molecular weight excluding hydrogens is 388 g/mol. The van der Waals surface area contributed by atoms with Gasteiger partial charge < -0.3 is 9.30 Å². The maximum Gasteiger partial charge on any atom is 0.243 e. The van der Waals surface area contributed by atoms with Crippen molar-refractivity contribution in [3.8, 4) is 0 Å². The minimum Gasteiger partial charge on any atom is -0.379 e. The van der Waals surface area contributed by atoms with Crippen LogP contribution in [0.4, 0.5) is 0 Å². The number of rotatable bonds is 6. The molecule has 0 bridgehead atoms. The number of hydrogen-bond acceptors (Lipinski definition) is 5. The second kappa shape index (κ2) is 9.12. The number of likely N-dealkylation sites (tertiary alicyclic amines) is 1. The molecule has 0 aliphatic carbocycles. The van der Waals surface area contributed by atoms with Crippen molar-refractivity contribution in [3.05, 3.63) is 24.0 Å². The zero-order valence-corrected chi connectivity index (χ0v) is 18.2. The normalized spacial score (nSPS) is 20.2. The predicted molar refractivity (Wildman–Crippen MR) is 113 cm³/mol. The summed E-state index contributed by atoms with van der Waals surface area (Å²) in [5.41, 5.74) is 1.80. The van der Waals surface area contributed by atoms with E-state index in [2.05, 4.69) is 16.4 Å². The number of aryl methyl sites for hydroxylation is 1. The van der Waals surface area contributed by atoms with Crippen molar-refractivity contribution in [2.75, 3.05) is 39.4 Å². The Bertz CT molecular complexity index is 927. The molecule has 2 saturated heterocycles. The first kappa shape index (κ1) is 20.8. The predicted octanol–water partition coefficient (Wildman–Crippen LogP) is 2.84. The Morgan fingerprint density at radius 3 is 2.45 bits per heavy atom. The highest BCUT2D eigenvalue weighted by molar-refractivity contribution is 7.89. The quantitative estimate of drug-likeness (QED) is 0.719. The Kier molecular flexibility index (Phi) is 6.53. The first-order valence-electron chi connectivity index (χ1n) is 10.9. The molecule has 1 aromatic heterocycles. The molecule has 2 aliphatic rings. The van der Waals surface area contributed by atoms with Gasteiger partial charge in [-0.05, 0) is 50.6 Å². The molecule has 160 valence electrons. The Morgan fingerprint density at radius 1 is 1.03 bits per heavy atom. The molecule has 29 heavy (non-hydrogen) atoms. The minimum absolute atomic E-state index is 0.328. The third kappa shape index (κ3) is 4.50. The number of ether oxygens (including phenoxy) is 1. The minimum atomic E-state index is -3.51. The summed E-state index contributed by atoms with van der Waals surface area (Å²) in [4.78, 5) is 7.71. The number of imidazole rings is 1. The first-order valence-corrected chi connectivity index (χ1v) is 12.3. The van der Waals surface area contributed by atoms with E-state index >= 15 is 0 Å². The van der Waals surface area contributed by atoms with Crippen molar-refractivity contribution in [1.82, 2.24) is 18.8 Å². The second-order valence-electron chi connectivity index (χ2n) is 8.04. The van der Waals surface area contributed by atoms with Gasteiger partial charge in [-0.3, -0.25) is 4.90 Å². The summed E-state index contributed by atoms with van der Waals surface area (Å²) in [5, 5.41) is 0. The van der Waals surface area contributed by atoms with E-state index in [-0.39, 0.29) is 0 Å². The van der Waals surface area contributed by atoms with Gasteiger partial charge in [-0.15, -0.1) is 0 Å². The fourth-order valence-corrected chi connectivity index (χ4v) is 5.77. The summed E-state index contributed by atoms with van der Waals surface area (Å²) in [6, 6.07) is 5.41. The lowest BCUT2D eigenvalue weighted by molar-refractivity contribution is 0.0730. The van der Waals surface area contributed by atoms with Crippen LogP contribution in [-0.4, -0.2) is 66.6 Å². The third-order valence-electron chi connectivity index (χ3n) is 5.92. The third-order valence-corrected chi connectivity index (χ3v) is 7.81. The SMILES string of the molecule is CCCn1c(CN2CCCCCC2)nc2cc(S(=O)(=O)N3CCOCC3)ccc21. The summed E-state index contributed by atoms with van der Waals surface area (Å²) in [6.07, 6.45) is 6.13. The van der Waals surface area contributed by atoms with Crippen LogP contribution in [-0.2, 0) is 27.8 Å². The van der Waals surface area contributed by atoms with Crippen LogP contribution in [0.3, 0.4) is 0 Å². The first-order chi connectivity index (χ1) is 14.1. The highest BCUT2D eigenvalue weighted by Gasteiger charge is 2.27. The van der Waals surface area contributed by atoms with Gasteiger partial charge in [0.1, 0.15) is 5.82 Å². The van der Waals surface area contributed by atoms with Crippen molar-refractivity contribution in [1.29, 1.82) is 0 Å². The maximum absolute atomic E-state index is 13.0. The number of hydrogen-bond donors (Lipinski definition) is 0. The Morgan fingerprint density at radius 2 is 1.76 bits per heavy atom. The topological polar surface area (TPSA) is 67.7 Å². The van der Waals surface area contributed by atoms with Crippen LogP contribution in [0.1, 0.15) is 44.9 Å². The van der Waals surface area contributed by atoms with E-state index in [9.17, 15) is 8.42 Å². The Balaban J connectivity index is 1.65. The molecule has 2 aliphatic heterocycles. The second-order valence-corrected chi connectivity index (χ2v) is 9.97. The lowest BCUT2D eigenvalue weighted by atomic mass is 10.2. The Labute approximate surface area is 173 Å². The Hall–Kier alpha value is -1.48. The molecule has 4 rings (SSSR count). The van der Waals surface area contributed by atoms with Crippen LogP contribution in [0.15, 0.2) is 23.1 Å². The van der Waals surface area contributed by atoms with Gasteiger partial charge in [0, 0.05) is 19.6 Å². The molecule has 0 spiro atoms. The summed E-state index contributed by atoms with van der Waals surface area (Å²) in [5.74, 6) is 1.05. The average molecular weight is 421 g/mol. The van der Waals surface area contributed by atoms with Gasteiger partial charge >= 0.3 is 0 Å². The average Bonchev–Trinajstić information content (AvgIpc) is 2.89. The molecule has 0 unspecified atom stereocenters. The van der Waals surface area contributed by atoms with E-state index in [4.69, 9.17) is 9.72 Å².